The van der Waals surface area contributed by atoms with Crippen molar-refractivity contribution >= 4 is 21.8 Å². The molecule has 0 saturated heterocycles. The number of sulfonamides is 1. The third-order valence-corrected chi connectivity index (χ3v) is 7.27. The molecule has 0 aliphatic heterocycles. The quantitative estimate of drug-likeness (QED) is 0.841. The predicted octanol–water partition coefficient (Wildman–Crippen LogP) is 2.41. The van der Waals surface area contributed by atoms with Gasteiger partial charge in [0.05, 0.1) is 4.90 Å². The highest BCUT2D eigenvalue weighted by Gasteiger charge is 2.34. The van der Waals surface area contributed by atoms with Crippen LogP contribution in [-0.2, 0) is 16.6 Å². The van der Waals surface area contributed by atoms with Crippen molar-refractivity contribution in [2.75, 3.05) is 12.8 Å². The number of hydrogen-bond donors (Lipinski definition) is 2. The minimum Gasteiger partial charge on any atom is -0.326 e. The van der Waals surface area contributed by atoms with E-state index < -0.39 is 10.0 Å². The maximum absolute atomic E-state index is 12.6. The molecule has 0 unspecified atom stereocenters. The molecule has 0 heterocycles. The van der Waals surface area contributed by atoms with E-state index in [-0.39, 0.29) is 4.75 Å². The van der Waals surface area contributed by atoms with Gasteiger partial charge in [0.25, 0.3) is 0 Å². The van der Waals surface area contributed by atoms with Gasteiger partial charge in [0, 0.05) is 17.8 Å². The molecule has 1 saturated carbocycles. The molecule has 0 bridgehead atoms. The molecule has 0 spiro atoms. The lowest BCUT2D eigenvalue weighted by molar-refractivity contribution is 0.550. The first-order chi connectivity index (χ1) is 9.92. The molecular weight excluding hydrogens is 304 g/mol. The van der Waals surface area contributed by atoms with Crippen molar-refractivity contribution in [3.05, 3.63) is 29.3 Å². The topological polar surface area (TPSA) is 72.2 Å². The Balaban J connectivity index is 2.18. The average Bonchev–Trinajstić information content (AvgIpc) is 2.95. The van der Waals surface area contributed by atoms with E-state index in [1.807, 2.05) is 19.1 Å². The summed E-state index contributed by atoms with van der Waals surface area (Å²) in [5.74, 6) is 0. The fourth-order valence-corrected chi connectivity index (χ4v) is 5.26. The number of hydrogen-bond acceptors (Lipinski definition) is 4. The number of nitrogens with two attached hydrogens (primary N) is 1. The Morgan fingerprint density at radius 2 is 2.00 bits per heavy atom. The second kappa shape index (κ2) is 6.69. The van der Waals surface area contributed by atoms with Crippen molar-refractivity contribution in [3.8, 4) is 0 Å². The molecular formula is C15H24N2O2S2. The summed E-state index contributed by atoms with van der Waals surface area (Å²) in [4.78, 5) is 0.347. The molecule has 1 fully saturated rings. The van der Waals surface area contributed by atoms with Crippen LogP contribution < -0.4 is 10.5 Å². The van der Waals surface area contributed by atoms with E-state index in [0.717, 1.165) is 24.0 Å². The lowest BCUT2D eigenvalue weighted by atomic mass is 10.1. The average molecular weight is 329 g/mol. The highest BCUT2D eigenvalue weighted by Crippen LogP contribution is 2.39. The lowest BCUT2D eigenvalue weighted by Gasteiger charge is -2.27. The molecule has 2 rings (SSSR count). The molecule has 3 N–H and O–H groups in total. The highest BCUT2D eigenvalue weighted by atomic mass is 32.2. The first-order valence-corrected chi connectivity index (χ1v) is 9.98. The number of nitrogens with one attached hydrogen (secondary N) is 1. The maximum Gasteiger partial charge on any atom is 0.240 e. The summed E-state index contributed by atoms with van der Waals surface area (Å²) >= 11 is 1.78. The molecule has 0 radical (unpaired) electrons. The van der Waals surface area contributed by atoms with Gasteiger partial charge in [0.1, 0.15) is 0 Å². The van der Waals surface area contributed by atoms with Crippen LogP contribution in [0.3, 0.4) is 0 Å². The van der Waals surface area contributed by atoms with Crippen LogP contribution >= 0.6 is 11.8 Å². The molecule has 0 amide bonds. The molecule has 1 aromatic rings. The zero-order valence-corrected chi connectivity index (χ0v) is 14.3. The SMILES string of the molecule is CSC1(CNS(=O)(=O)c2cc(CN)ccc2C)CCCC1. The second-order valence-electron chi connectivity index (χ2n) is 5.72. The van der Waals surface area contributed by atoms with E-state index in [9.17, 15) is 8.42 Å². The van der Waals surface area contributed by atoms with Crippen LogP contribution in [0.1, 0.15) is 36.8 Å². The van der Waals surface area contributed by atoms with Crippen LogP contribution in [0.2, 0.25) is 0 Å². The molecule has 6 heteroatoms. The van der Waals surface area contributed by atoms with Gasteiger partial charge in [-0.2, -0.15) is 11.8 Å². The summed E-state index contributed by atoms with van der Waals surface area (Å²) in [6.07, 6.45) is 6.60. The van der Waals surface area contributed by atoms with E-state index in [1.54, 1.807) is 17.8 Å². The van der Waals surface area contributed by atoms with Crippen molar-refractivity contribution in [2.45, 2.75) is 48.8 Å². The Labute approximate surface area is 131 Å². The first kappa shape index (κ1) is 16.8. The lowest BCUT2D eigenvalue weighted by Crippen LogP contribution is -2.38. The van der Waals surface area contributed by atoms with Gasteiger partial charge in [0.2, 0.25) is 10.0 Å². The van der Waals surface area contributed by atoms with Gasteiger partial charge in [-0.3, -0.25) is 0 Å². The van der Waals surface area contributed by atoms with Gasteiger partial charge in [0.15, 0.2) is 0 Å². The van der Waals surface area contributed by atoms with E-state index in [4.69, 9.17) is 5.73 Å². The molecule has 1 aliphatic carbocycles. The van der Waals surface area contributed by atoms with E-state index in [1.165, 1.54) is 12.8 Å². The van der Waals surface area contributed by atoms with Crippen molar-refractivity contribution < 1.29 is 8.42 Å². The molecule has 1 aliphatic rings. The fourth-order valence-electron chi connectivity index (χ4n) is 2.84. The number of rotatable bonds is 6. The number of aryl methyl sites for hydroxylation is 1. The van der Waals surface area contributed by atoms with Crippen molar-refractivity contribution in [2.24, 2.45) is 5.73 Å². The highest BCUT2D eigenvalue weighted by molar-refractivity contribution is 8.00. The van der Waals surface area contributed by atoms with Gasteiger partial charge in [-0.25, -0.2) is 13.1 Å². The van der Waals surface area contributed by atoms with Gasteiger partial charge >= 0.3 is 0 Å². The van der Waals surface area contributed by atoms with Crippen LogP contribution in [0.15, 0.2) is 23.1 Å². The summed E-state index contributed by atoms with van der Waals surface area (Å²) in [6, 6.07) is 5.36. The van der Waals surface area contributed by atoms with Gasteiger partial charge in [-0.05, 0) is 43.2 Å². The molecule has 21 heavy (non-hydrogen) atoms. The summed E-state index contributed by atoms with van der Waals surface area (Å²) in [6.45, 7) is 2.66. The van der Waals surface area contributed by atoms with Crippen LogP contribution in [0, 0.1) is 6.92 Å². The zero-order valence-electron chi connectivity index (χ0n) is 12.7. The van der Waals surface area contributed by atoms with Crippen LogP contribution in [0.25, 0.3) is 0 Å². The predicted molar refractivity (Wildman–Crippen MR) is 89.0 cm³/mol. The van der Waals surface area contributed by atoms with Gasteiger partial charge < -0.3 is 5.73 Å². The Hall–Kier alpha value is -0.560. The van der Waals surface area contributed by atoms with Crippen LogP contribution in [-0.4, -0.2) is 26.0 Å². The molecule has 4 nitrogen and oxygen atoms in total. The van der Waals surface area contributed by atoms with Crippen molar-refractivity contribution in [1.82, 2.24) is 4.72 Å². The van der Waals surface area contributed by atoms with Crippen molar-refractivity contribution in [1.29, 1.82) is 0 Å². The third kappa shape index (κ3) is 3.80. The smallest absolute Gasteiger partial charge is 0.240 e. The summed E-state index contributed by atoms with van der Waals surface area (Å²) in [5.41, 5.74) is 7.20. The summed E-state index contributed by atoms with van der Waals surface area (Å²) < 4.78 is 28.0. The Morgan fingerprint density at radius 3 is 2.57 bits per heavy atom. The molecule has 0 aromatic heterocycles. The van der Waals surface area contributed by atoms with Gasteiger partial charge in [-0.15, -0.1) is 0 Å². The van der Waals surface area contributed by atoms with Crippen LogP contribution in [0.4, 0.5) is 0 Å². The maximum atomic E-state index is 12.6. The normalized spacial score (nSPS) is 18.0. The fraction of sp³-hybridized carbons (Fsp3) is 0.600. The van der Waals surface area contributed by atoms with E-state index in [2.05, 4.69) is 11.0 Å². The number of thioether (sulfide) groups is 1. The molecule has 1 aromatic carbocycles. The summed E-state index contributed by atoms with van der Waals surface area (Å²) in [5, 5.41) is 0. The molecule has 118 valence electrons. The van der Waals surface area contributed by atoms with E-state index in [0.29, 0.717) is 18.0 Å². The van der Waals surface area contributed by atoms with Crippen molar-refractivity contribution in [3.63, 3.8) is 0 Å². The minimum atomic E-state index is -3.48. The largest absolute Gasteiger partial charge is 0.326 e. The second-order valence-corrected chi connectivity index (χ2v) is 8.73. The molecule has 0 atom stereocenters. The monoisotopic (exact) mass is 328 g/mol. The van der Waals surface area contributed by atoms with E-state index >= 15 is 0 Å². The summed E-state index contributed by atoms with van der Waals surface area (Å²) in [7, 11) is -3.48. The Bertz CT molecular complexity index is 594. The Morgan fingerprint density at radius 1 is 1.33 bits per heavy atom. The third-order valence-electron chi connectivity index (χ3n) is 4.31. The van der Waals surface area contributed by atoms with Gasteiger partial charge in [-0.1, -0.05) is 25.0 Å². The van der Waals surface area contributed by atoms with Crippen LogP contribution in [0.5, 0.6) is 0 Å². The first-order valence-electron chi connectivity index (χ1n) is 7.27. The zero-order chi connectivity index (χ0) is 15.5. The Kier molecular flexibility index (Phi) is 5.35. The minimum absolute atomic E-state index is 0.0620. The number of benzene rings is 1. The standard InChI is InChI=1S/C15H24N2O2S2/c1-12-5-6-13(10-16)9-14(12)21(18,19)17-11-15(20-2)7-3-4-8-15/h5-6,9,17H,3-4,7-8,10-11,16H2,1-2H3.